The second-order valence-electron chi connectivity index (χ2n) is 4.61. The molecule has 0 amide bonds. The number of aryl methyl sites for hydroxylation is 1. The third-order valence-electron chi connectivity index (χ3n) is 2.82. The summed E-state index contributed by atoms with van der Waals surface area (Å²) in [6, 6.07) is 8.16. The fraction of sp³-hybridized carbons (Fsp3) is 0.429. The van der Waals surface area contributed by atoms with Gasteiger partial charge in [-0.25, -0.2) is 9.67 Å². The average Bonchev–Trinajstić information content (AvgIpc) is 2.83. The summed E-state index contributed by atoms with van der Waals surface area (Å²) in [7, 11) is 0. The van der Waals surface area contributed by atoms with Crippen LogP contribution >= 0.6 is 0 Å². The summed E-state index contributed by atoms with van der Waals surface area (Å²) >= 11 is 0. The molecule has 0 aliphatic rings. The maximum atomic E-state index is 5.80. The van der Waals surface area contributed by atoms with Gasteiger partial charge >= 0.3 is 0 Å². The summed E-state index contributed by atoms with van der Waals surface area (Å²) in [5, 5.41) is 4.11. The molecule has 1 atom stereocenters. The number of rotatable bonds is 6. The van der Waals surface area contributed by atoms with Crippen LogP contribution in [0.5, 0.6) is 5.75 Å². The number of nitrogens with two attached hydrogens (primary N) is 1. The first-order valence-electron chi connectivity index (χ1n) is 6.53. The van der Waals surface area contributed by atoms with Crippen LogP contribution in [0.1, 0.15) is 25.2 Å². The molecule has 1 aromatic carbocycles. The molecule has 0 spiro atoms. The molecule has 19 heavy (non-hydrogen) atoms. The molecular formula is C14H20N4O. The molecular weight excluding hydrogens is 240 g/mol. The molecule has 102 valence electrons. The highest BCUT2D eigenvalue weighted by atomic mass is 16.5. The third kappa shape index (κ3) is 3.79. The van der Waals surface area contributed by atoms with Gasteiger partial charge in [-0.15, -0.1) is 0 Å². The van der Waals surface area contributed by atoms with Crippen LogP contribution in [-0.2, 0) is 19.6 Å². The summed E-state index contributed by atoms with van der Waals surface area (Å²) in [4.78, 5) is 4.18. The van der Waals surface area contributed by atoms with Crippen LogP contribution in [0.25, 0.3) is 0 Å². The predicted octanol–water partition coefficient (Wildman–Crippen LogP) is 1.77. The lowest BCUT2D eigenvalue weighted by atomic mass is 10.1. The Balaban J connectivity index is 1.99. The Morgan fingerprint density at radius 3 is 3.00 bits per heavy atom. The van der Waals surface area contributed by atoms with Crippen LogP contribution in [0, 0.1) is 0 Å². The summed E-state index contributed by atoms with van der Waals surface area (Å²) in [5.74, 6) is 1.67. The van der Waals surface area contributed by atoms with Crippen molar-refractivity contribution in [2.45, 2.75) is 39.5 Å². The number of aromatic nitrogens is 3. The summed E-state index contributed by atoms with van der Waals surface area (Å²) in [6.45, 7) is 5.25. The summed E-state index contributed by atoms with van der Waals surface area (Å²) in [6.07, 6.45) is 2.40. The van der Waals surface area contributed by atoms with Gasteiger partial charge in [-0.3, -0.25) is 0 Å². The molecule has 0 saturated heterocycles. The van der Waals surface area contributed by atoms with Crippen molar-refractivity contribution in [1.82, 2.24) is 14.8 Å². The first kappa shape index (κ1) is 13.5. The average molecular weight is 260 g/mol. The largest absolute Gasteiger partial charge is 0.486 e. The van der Waals surface area contributed by atoms with Gasteiger partial charge in [0.1, 0.15) is 18.7 Å². The number of hydrogen-bond donors (Lipinski definition) is 1. The Morgan fingerprint density at radius 1 is 1.42 bits per heavy atom. The molecule has 2 aromatic rings. The normalized spacial score (nSPS) is 12.4. The van der Waals surface area contributed by atoms with Crippen molar-refractivity contribution >= 4 is 0 Å². The first-order chi connectivity index (χ1) is 9.19. The molecule has 0 bridgehead atoms. The Hall–Kier alpha value is -1.88. The van der Waals surface area contributed by atoms with E-state index in [0.29, 0.717) is 6.61 Å². The molecule has 5 nitrogen and oxygen atoms in total. The maximum absolute atomic E-state index is 5.80. The minimum atomic E-state index is 0.151. The van der Waals surface area contributed by atoms with Gasteiger partial charge in [-0.1, -0.05) is 12.1 Å². The first-order valence-corrected chi connectivity index (χ1v) is 6.53. The monoisotopic (exact) mass is 260 g/mol. The van der Waals surface area contributed by atoms with Gasteiger partial charge in [0.25, 0.3) is 0 Å². The van der Waals surface area contributed by atoms with E-state index in [1.165, 1.54) is 5.56 Å². The van der Waals surface area contributed by atoms with Crippen molar-refractivity contribution in [2.24, 2.45) is 5.73 Å². The third-order valence-corrected chi connectivity index (χ3v) is 2.82. The molecule has 1 aromatic heterocycles. The molecule has 1 heterocycles. The van der Waals surface area contributed by atoms with Crippen LogP contribution in [0.15, 0.2) is 30.6 Å². The van der Waals surface area contributed by atoms with E-state index in [0.717, 1.165) is 24.5 Å². The number of ether oxygens (including phenoxy) is 1. The van der Waals surface area contributed by atoms with E-state index in [4.69, 9.17) is 10.5 Å². The second kappa shape index (κ2) is 6.33. The number of nitrogens with zero attached hydrogens (tertiary/aromatic N) is 3. The van der Waals surface area contributed by atoms with E-state index in [2.05, 4.69) is 16.1 Å². The SMILES string of the molecule is CCn1ncnc1COc1cccc(CC(C)N)c1. The van der Waals surface area contributed by atoms with Crippen LogP contribution in [0.3, 0.4) is 0 Å². The van der Waals surface area contributed by atoms with Crippen molar-refractivity contribution in [1.29, 1.82) is 0 Å². The predicted molar refractivity (Wildman–Crippen MR) is 73.8 cm³/mol. The fourth-order valence-electron chi connectivity index (χ4n) is 1.95. The molecule has 5 heteroatoms. The molecule has 2 rings (SSSR count). The van der Waals surface area contributed by atoms with Gasteiger partial charge in [0.15, 0.2) is 5.82 Å². The number of benzene rings is 1. The Bertz CT molecular complexity index is 522. The van der Waals surface area contributed by atoms with Crippen molar-refractivity contribution in [3.05, 3.63) is 42.0 Å². The van der Waals surface area contributed by atoms with Crippen molar-refractivity contribution in [3.63, 3.8) is 0 Å². The minimum absolute atomic E-state index is 0.151. The lowest BCUT2D eigenvalue weighted by molar-refractivity contribution is 0.287. The quantitative estimate of drug-likeness (QED) is 0.859. The van der Waals surface area contributed by atoms with E-state index in [9.17, 15) is 0 Å². The van der Waals surface area contributed by atoms with E-state index >= 15 is 0 Å². The minimum Gasteiger partial charge on any atom is -0.486 e. The van der Waals surface area contributed by atoms with Crippen LogP contribution in [0.4, 0.5) is 0 Å². The highest BCUT2D eigenvalue weighted by molar-refractivity contribution is 5.29. The molecule has 1 unspecified atom stereocenters. The lowest BCUT2D eigenvalue weighted by Gasteiger charge is -2.09. The smallest absolute Gasteiger partial charge is 0.164 e. The van der Waals surface area contributed by atoms with E-state index < -0.39 is 0 Å². The molecule has 0 fully saturated rings. The van der Waals surface area contributed by atoms with Crippen LogP contribution < -0.4 is 10.5 Å². The van der Waals surface area contributed by atoms with Gasteiger partial charge in [0.2, 0.25) is 0 Å². The van der Waals surface area contributed by atoms with Crippen molar-refractivity contribution in [2.75, 3.05) is 0 Å². The van der Waals surface area contributed by atoms with Crippen molar-refractivity contribution < 1.29 is 4.74 Å². The van der Waals surface area contributed by atoms with Crippen molar-refractivity contribution in [3.8, 4) is 5.75 Å². The Labute approximate surface area is 113 Å². The highest BCUT2D eigenvalue weighted by Gasteiger charge is 2.04. The summed E-state index contributed by atoms with van der Waals surface area (Å²) < 4.78 is 7.58. The van der Waals surface area contributed by atoms with Gasteiger partial charge in [-0.05, 0) is 38.0 Å². The zero-order valence-electron chi connectivity index (χ0n) is 11.4. The standard InChI is InChI=1S/C14H20N4O/c1-3-18-14(16-10-17-18)9-19-13-6-4-5-12(8-13)7-11(2)15/h4-6,8,10-11H,3,7,9,15H2,1-2H3. The van der Waals surface area contributed by atoms with Gasteiger partial charge in [0.05, 0.1) is 0 Å². The Morgan fingerprint density at radius 2 is 2.26 bits per heavy atom. The maximum Gasteiger partial charge on any atom is 0.164 e. The molecule has 2 N–H and O–H groups in total. The van der Waals surface area contributed by atoms with E-state index in [1.54, 1.807) is 6.33 Å². The zero-order chi connectivity index (χ0) is 13.7. The van der Waals surface area contributed by atoms with Gasteiger partial charge in [-0.2, -0.15) is 5.10 Å². The molecule has 0 aliphatic heterocycles. The molecule has 0 aliphatic carbocycles. The molecule has 0 radical (unpaired) electrons. The second-order valence-corrected chi connectivity index (χ2v) is 4.61. The molecule has 0 saturated carbocycles. The zero-order valence-corrected chi connectivity index (χ0v) is 11.4. The van der Waals surface area contributed by atoms with E-state index in [1.807, 2.05) is 36.7 Å². The van der Waals surface area contributed by atoms with Gasteiger partial charge in [0, 0.05) is 12.6 Å². The fourth-order valence-corrected chi connectivity index (χ4v) is 1.95. The summed E-state index contributed by atoms with van der Waals surface area (Å²) in [5.41, 5.74) is 6.99. The Kier molecular flexibility index (Phi) is 4.52. The van der Waals surface area contributed by atoms with Gasteiger partial charge < -0.3 is 10.5 Å². The highest BCUT2D eigenvalue weighted by Crippen LogP contribution is 2.15. The topological polar surface area (TPSA) is 66.0 Å². The number of hydrogen-bond acceptors (Lipinski definition) is 4. The lowest BCUT2D eigenvalue weighted by Crippen LogP contribution is -2.17. The van der Waals surface area contributed by atoms with E-state index in [-0.39, 0.29) is 6.04 Å². The van der Waals surface area contributed by atoms with Crippen LogP contribution in [-0.4, -0.2) is 20.8 Å². The van der Waals surface area contributed by atoms with Crippen LogP contribution in [0.2, 0.25) is 0 Å².